The predicted molar refractivity (Wildman–Crippen MR) is 78.3 cm³/mol. The fourth-order valence-corrected chi connectivity index (χ4v) is 3.14. The lowest BCUT2D eigenvalue weighted by atomic mass is 10.3. The van der Waals surface area contributed by atoms with Crippen LogP contribution in [0.25, 0.3) is 10.8 Å². The summed E-state index contributed by atoms with van der Waals surface area (Å²) in [5, 5.41) is 12.7. The van der Waals surface area contributed by atoms with Crippen molar-refractivity contribution in [3.63, 3.8) is 0 Å². The minimum absolute atomic E-state index is 0.261. The van der Waals surface area contributed by atoms with Crippen molar-refractivity contribution in [2.45, 2.75) is 10.6 Å². The molecule has 0 unspecified atom stereocenters. The largest absolute Gasteiger partial charge is 0.333 e. The fraction of sp³-hybridized carbons (Fsp3) is 0.0714. The zero-order chi connectivity index (χ0) is 14.7. The van der Waals surface area contributed by atoms with Gasteiger partial charge in [0, 0.05) is 4.90 Å². The van der Waals surface area contributed by atoms with Crippen LogP contribution in [0.4, 0.5) is 4.39 Å². The number of thiophene rings is 1. The summed E-state index contributed by atoms with van der Waals surface area (Å²) in [5.74, 6) is 1.03. The van der Waals surface area contributed by atoms with Crippen LogP contribution in [0.2, 0.25) is 0 Å². The van der Waals surface area contributed by atoms with Crippen LogP contribution in [0, 0.1) is 17.1 Å². The Morgan fingerprint density at radius 2 is 2.14 bits per heavy atom. The van der Waals surface area contributed by atoms with Crippen molar-refractivity contribution in [2.75, 3.05) is 0 Å². The number of thioether (sulfide) groups is 1. The van der Waals surface area contributed by atoms with E-state index in [2.05, 4.69) is 16.2 Å². The maximum atomic E-state index is 13.5. The van der Waals surface area contributed by atoms with Gasteiger partial charge in [-0.05, 0) is 24.3 Å². The molecule has 0 aliphatic carbocycles. The Morgan fingerprint density at radius 1 is 1.29 bits per heavy atom. The zero-order valence-electron chi connectivity index (χ0n) is 10.6. The first-order chi connectivity index (χ1) is 10.3. The molecule has 0 bridgehead atoms. The maximum absolute atomic E-state index is 13.5. The van der Waals surface area contributed by atoms with Crippen molar-refractivity contribution in [1.29, 1.82) is 5.26 Å². The van der Waals surface area contributed by atoms with Crippen LogP contribution in [-0.4, -0.2) is 10.1 Å². The Morgan fingerprint density at radius 3 is 2.90 bits per heavy atom. The lowest BCUT2D eigenvalue weighted by molar-refractivity contribution is 0.426. The Labute approximate surface area is 128 Å². The van der Waals surface area contributed by atoms with Gasteiger partial charge in [-0.3, -0.25) is 0 Å². The predicted octanol–water partition coefficient (Wildman–Crippen LogP) is 4.10. The summed E-state index contributed by atoms with van der Waals surface area (Å²) < 4.78 is 18.7. The van der Waals surface area contributed by atoms with Gasteiger partial charge in [0.1, 0.15) is 16.8 Å². The number of benzene rings is 1. The summed E-state index contributed by atoms with van der Waals surface area (Å²) in [4.78, 5) is 6.14. The van der Waals surface area contributed by atoms with Gasteiger partial charge < -0.3 is 4.52 Å². The van der Waals surface area contributed by atoms with Crippen molar-refractivity contribution >= 4 is 23.1 Å². The molecule has 3 aromatic rings. The summed E-state index contributed by atoms with van der Waals surface area (Å²) in [6.45, 7) is 0. The van der Waals surface area contributed by atoms with Gasteiger partial charge in [-0.1, -0.05) is 17.3 Å². The normalized spacial score (nSPS) is 10.5. The Balaban J connectivity index is 1.71. The Kier molecular flexibility index (Phi) is 3.99. The van der Waals surface area contributed by atoms with E-state index in [1.807, 2.05) is 0 Å². The zero-order valence-corrected chi connectivity index (χ0v) is 12.2. The molecule has 0 amide bonds. The highest BCUT2D eigenvalue weighted by molar-refractivity contribution is 7.98. The second-order valence-electron chi connectivity index (χ2n) is 4.01. The smallest absolute Gasteiger partial charge is 0.268 e. The van der Waals surface area contributed by atoms with E-state index in [0.717, 1.165) is 4.88 Å². The van der Waals surface area contributed by atoms with E-state index >= 15 is 0 Å². The van der Waals surface area contributed by atoms with E-state index in [0.29, 0.717) is 27.2 Å². The molecule has 0 aliphatic rings. The Bertz CT molecular complexity index is 806. The van der Waals surface area contributed by atoms with Crippen LogP contribution in [0.15, 0.2) is 45.8 Å². The van der Waals surface area contributed by atoms with Crippen LogP contribution in [0.3, 0.4) is 0 Å². The second-order valence-corrected chi connectivity index (χ2v) is 6.11. The van der Waals surface area contributed by atoms with Crippen LogP contribution in [-0.2, 0) is 5.75 Å². The molecule has 0 atom stereocenters. The minimum atomic E-state index is -0.261. The lowest BCUT2D eigenvalue weighted by Crippen LogP contribution is -1.85. The first kappa shape index (κ1) is 13.8. The number of nitriles is 1. The molecule has 3 rings (SSSR count). The fourth-order valence-electron chi connectivity index (χ4n) is 1.63. The van der Waals surface area contributed by atoms with Gasteiger partial charge in [-0.25, -0.2) is 4.39 Å². The minimum Gasteiger partial charge on any atom is -0.333 e. The summed E-state index contributed by atoms with van der Waals surface area (Å²) in [6.07, 6.45) is 0. The van der Waals surface area contributed by atoms with E-state index < -0.39 is 0 Å². The number of nitrogens with zero attached hydrogens (tertiary/aromatic N) is 3. The molecule has 4 nitrogen and oxygen atoms in total. The van der Waals surface area contributed by atoms with E-state index in [4.69, 9.17) is 9.78 Å². The molecule has 0 saturated heterocycles. The molecule has 0 spiro atoms. The van der Waals surface area contributed by atoms with Gasteiger partial charge in [0.05, 0.1) is 10.6 Å². The molecule has 21 heavy (non-hydrogen) atoms. The molecule has 0 radical (unpaired) electrons. The van der Waals surface area contributed by atoms with Crippen molar-refractivity contribution in [3.05, 3.63) is 52.9 Å². The Hall–Kier alpha value is -2.17. The number of hydrogen-bond donors (Lipinski definition) is 0. The second kappa shape index (κ2) is 6.08. The van der Waals surface area contributed by atoms with Crippen molar-refractivity contribution < 1.29 is 8.91 Å². The molecule has 0 aliphatic heterocycles. The van der Waals surface area contributed by atoms with Gasteiger partial charge in [0.2, 0.25) is 0 Å². The maximum Gasteiger partial charge on any atom is 0.268 e. The van der Waals surface area contributed by atoms with E-state index in [9.17, 15) is 4.39 Å². The lowest BCUT2D eigenvalue weighted by Gasteiger charge is -1.98. The third-order valence-corrected chi connectivity index (χ3v) is 4.61. The molecule has 2 heterocycles. The average molecular weight is 317 g/mol. The van der Waals surface area contributed by atoms with Crippen molar-refractivity contribution in [3.8, 4) is 16.8 Å². The standard InChI is InChI=1S/C14H8FN3OS2/c15-10-3-1-2-4-11(10)20-8-13-17-14(19-18-13)12-6-5-9(7-16)21-12/h1-6H,8H2. The third kappa shape index (κ3) is 3.12. The molecular weight excluding hydrogens is 309 g/mol. The first-order valence-electron chi connectivity index (χ1n) is 5.96. The molecule has 0 fully saturated rings. The molecular formula is C14H8FN3OS2. The summed E-state index contributed by atoms with van der Waals surface area (Å²) in [5.41, 5.74) is 0. The highest BCUT2D eigenvalue weighted by Crippen LogP contribution is 2.28. The van der Waals surface area contributed by atoms with Crippen LogP contribution in [0.5, 0.6) is 0 Å². The number of aromatic nitrogens is 2. The molecule has 7 heteroatoms. The highest BCUT2D eigenvalue weighted by Gasteiger charge is 2.12. The average Bonchev–Trinajstić information content (AvgIpc) is 3.15. The van der Waals surface area contributed by atoms with Gasteiger partial charge >= 0.3 is 0 Å². The van der Waals surface area contributed by atoms with Crippen molar-refractivity contribution in [2.24, 2.45) is 0 Å². The van der Waals surface area contributed by atoms with Crippen LogP contribution in [0.1, 0.15) is 10.7 Å². The summed E-state index contributed by atoms with van der Waals surface area (Å²) in [6, 6.07) is 12.1. The summed E-state index contributed by atoms with van der Waals surface area (Å²) >= 11 is 2.60. The van der Waals surface area contributed by atoms with Crippen LogP contribution >= 0.6 is 23.1 Å². The molecule has 0 N–H and O–H groups in total. The highest BCUT2D eigenvalue weighted by atomic mass is 32.2. The topological polar surface area (TPSA) is 62.7 Å². The molecule has 1 aromatic carbocycles. The third-order valence-electron chi connectivity index (χ3n) is 2.59. The van der Waals surface area contributed by atoms with Gasteiger partial charge in [0.15, 0.2) is 5.82 Å². The molecule has 104 valence electrons. The van der Waals surface area contributed by atoms with Crippen LogP contribution < -0.4 is 0 Å². The van der Waals surface area contributed by atoms with Crippen molar-refractivity contribution in [1.82, 2.24) is 10.1 Å². The number of halogens is 1. The number of rotatable bonds is 4. The van der Waals surface area contributed by atoms with Gasteiger partial charge in [-0.15, -0.1) is 23.1 Å². The monoisotopic (exact) mass is 317 g/mol. The molecule has 2 aromatic heterocycles. The van der Waals surface area contributed by atoms with Gasteiger partial charge in [0.25, 0.3) is 5.89 Å². The van der Waals surface area contributed by atoms with E-state index in [1.54, 1.807) is 30.3 Å². The quantitative estimate of drug-likeness (QED) is 0.678. The van der Waals surface area contributed by atoms with E-state index in [-0.39, 0.29) is 5.82 Å². The summed E-state index contributed by atoms with van der Waals surface area (Å²) in [7, 11) is 0. The SMILES string of the molecule is N#Cc1ccc(-c2nc(CSc3ccccc3F)no2)s1. The molecule has 0 saturated carbocycles. The number of hydrogen-bond acceptors (Lipinski definition) is 6. The van der Waals surface area contributed by atoms with E-state index in [1.165, 1.54) is 29.2 Å². The first-order valence-corrected chi connectivity index (χ1v) is 7.76. The van der Waals surface area contributed by atoms with Gasteiger partial charge in [-0.2, -0.15) is 10.2 Å².